The zero-order valence-electron chi connectivity index (χ0n) is 10.7. The summed E-state index contributed by atoms with van der Waals surface area (Å²) in [6.07, 6.45) is 6.66. The van der Waals surface area contributed by atoms with Crippen LogP contribution in [-0.2, 0) is 12.8 Å². The summed E-state index contributed by atoms with van der Waals surface area (Å²) < 4.78 is 0. The summed E-state index contributed by atoms with van der Waals surface area (Å²) in [5, 5.41) is 0.744. The molecule has 2 N–H and O–H groups in total. The molecule has 0 radical (unpaired) electrons. The Morgan fingerprint density at radius 3 is 2.95 bits per heavy atom. The van der Waals surface area contributed by atoms with Gasteiger partial charge in [-0.3, -0.25) is 4.98 Å². The molecule has 1 heterocycles. The Morgan fingerprint density at radius 1 is 1.26 bits per heavy atom. The van der Waals surface area contributed by atoms with Crippen LogP contribution >= 0.6 is 11.6 Å². The zero-order valence-corrected chi connectivity index (χ0v) is 11.5. The van der Waals surface area contributed by atoms with Gasteiger partial charge in [-0.1, -0.05) is 35.9 Å². The van der Waals surface area contributed by atoms with E-state index in [0.29, 0.717) is 5.92 Å². The van der Waals surface area contributed by atoms with Gasteiger partial charge in [0.05, 0.1) is 5.02 Å². The molecule has 1 aliphatic carbocycles. The third-order valence-electron chi connectivity index (χ3n) is 4.05. The molecule has 1 aromatic carbocycles. The summed E-state index contributed by atoms with van der Waals surface area (Å²) in [5.41, 5.74) is 10.3. The van der Waals surface area contributed by atoms with Crippen LogP contribution in [0.2, 0.25) is 5.02 Å². The second-order valence-corrected chi connectivity index (χ2v) is 5.60. The summed E-state index contributed by atoms with van der Waals surface area (Å²) in [5.74, 6) is 0.454. The van der Waals surface area contributed by atoms with Crippen molar-refractivity contribution >= 4 is 11.6 Å². The summed E-state index contributed by atoms with van der Waals surface area (Å²) >= 11 is 6.19. The van der Waals surface area contributed by atoms with Crippen molar-refractivity contribution in [1.29, 1.82) is 0 Å². The number of aromatic nitrogens is 1. The smallest absolute Gasteiger partial charge is 0.0621 e. The van der Waals surface area contributed by atoms with Crippen molar-refractivity contribution < 1.29 is 0 Å². The van der Waals surface area contributed by atoms with Crippen molar-refractivity contribution in [1.82, 2.24) is 4.98 Å². The van der Waals surface area contributed by atoms with Gasteiger partial charge in [-0.05, 0) is 47.9 Å². The lowest BCUT2D eigenvalue weighted by molar-refractivity contribution is 0.376. The zero-order chi connectivity index (χ0) is 13.2. The predicted molar refractivity (Wildman–Crippen MR) is 78.1 cm³/mol. The molecule has 1 aliphatic rings. The summed E-state index contributed by atoms with van der Waals surface area (Å²) in [6, 6.07) is 10.6. The fourth-order valence-corrected chi connectivity index (χ4v) is 3.14. The molecule has 0 saturated carbocycles. The standard InChI is InChI=1S/C16H17ClN2/c17-15-10-19-8-7-12(15)9-13-6-5-11-3-1-2-4-14(11)16(13)18/h1-4,7-8,10,13,16H,5-6,9,18H2. The first kappa shape index (κ1) is 12.6. The minimum Gasteiger partial charge on any atom is -0.324 e. The molecule has 3 heteroatoms. The van der Waals surface area contributed by atoms with Crippen molar-refractivity contribution in [3.63, 3.8) is 0 Å². The van der Waals surface area contributed by atoms with E-state index < -0.39 is 0 Å². The Morgan fingerprint density at radius 2 is 2.11 bits per heavy atom. The topological polar surface area (TPSA) is 38.9 Å². The van der Waals surface area contributed by atoms with E-state index in [1.807, 2.05) is 6.07 Å². The van der Waals surface area contributed by atoms with Gasteiger partial charge in [0.15, 0.2) is 0 Å². The molecule has 0 saturated heterocycles. The SMILES string of the molecule is NC1c2ccccc2CCC1Cc1ccncc1Cl. The number of fused-ring (bicyclic) bond motifs is 1. The van der Waals surface area contributed by atoms with E-state index in [2.05, 4.69) is 29.2 Å². The second-order valence-electron chi connectivity index (χ2n) is 5.19. The highest BCUT2D eigenvalue weighted by Gasteiger charge is 2.26. The summed E-state index contributed by atoms with van der Waals surface area (Å²) in [6.45, 7) is 0. The molecule has 98 valence electrons. The first-order chi connectivity index (χ1) is 9.25. The van der Waals surface area contributed by atoms with Gasteiger partial charge in [-0.2, -0.15) is 0 Å². The molecule has 0 spiro atoms. The average Bonchev–Trinajstić information content (AvgIpc) is 2.44. The lowest BCUT2D eigenvalue weighted by Gasteiger charge is -2.31. The van der Waals surface area contributed by atoms with Crippen molar-refractivity contribution in [2.75, 3.05) is 0 Å². The normalized spacial score (nSPS) is 22.0. The number of nitrogens with two attached hydrogens (primary N) is 1. The number of halogens is 1. The van der Waals surface area contributed by atoms with Gasteiger partial charge >= 0.3 is 0 Å². The van der Waals surface area contributed by atoms with E-state index >= 15 is 0 Å². The van der Waals surface area contributed by atoms with Gasteiger partial charge in [0.1, 0.15) is 0 Å². The lowest BCUT2D eigenvalue weighted by Crippen LogP contribution is -2.28. The molecule has 2 nitrogen and oxygen atoms in total. The largest absolute Gasteiger partial charge is 0.324 e. The quantitative estimate of drug-likeness (QED) is 0.908. The molecular formula is C16H17ClN2. The van der Waals surface area contributed by atoms with Gasteiger partial charge in [-0.25, -0.2) is 0 Å². The summed E-state index contributed by atoms with van der Waals surface area (Å²) in [4.78, 5) is 4.03. The van der Waals surface area contributed by atoms with Crippen LogP contribution in [0.15, 0.2) is 42.7 Å². The molecule has 1 aromatic heterocycles. The molecule has 0 fully saturated rings. The Balaban J connectivity index is 1.83. The number of pyridine rings is 1. The number of rotatable bonds is 2. The molecule has 2 atom stereocenters. The Kier molecular flexibility index (Phi) is 3.54. The first-order valence-electron chi connectivity index (χ1n) is 6.67. The minimum absolute atomic E-state index is 0.106. The number of benzene rings is 1. The van der Waals surface area contributed by atoms with E-state index in [1.54, 1.807) is 12.4 Å². The van der Waals surface area contributed by atoms with Gasteiger partial charge in [0.2, 0.25) is 0 Å². The fraction of sp³-hybridized carbons (Fsp3) is 0.312. The molecule has 0 amide bonds. The van der Waals surface area contributed by atoms with E-state index in [-0.39, 0.29) is 6.04 Å². The van der Waals surface area contributed by atoms with E-state index in [0.717, 1.165) is 29.8 Å². The third kappa shape index (κ3) is 2.51. The minimum atomic E-state index is 0.106. The maximum Gasteiger partial charge on any atom is 0.0621 e. The van der Waals surface area contributed by atoms with Crippen molar-refractivity contribution in [2.24, 2.45) is 11.7 Å². The predicted octanol–water partition coefficient (Wildman–Crippen LogP) is 3.54. The van der Waals surface area contributed by atoms with E-state index in [1.165, 1.54) is 11.1 Å². The van der Waals surface area contributed by atoms with Gasteiger partial charge in [-0.15, -0.1) is 0 Å². The van der Waals surface area contributed by atoms with E-state index in [4.69, 9.17) is 17.3 Å². The lowest BCUT2D eigenvalue weighted by atomic mass is 9.77. The van der Waals surface area contributed by atoms with Crippen LogP contribution in [-0.4, -0.2) is 4.98 Å². The average molecular weight is 273 g/mol. The van der Waals surface area contributed by atoms with Crippen LogP contribution in [0.25, 0.3) is 0 Å². The molecule has 0 aliphatic heterocycles. The third-order valence-corrected chi connectivity index (χ3v) is 4.39. The highest BCUT2D eigenvalue weighted by Crippen LogP contribution is 2.35. The van der Waals surface area contributed by atoms with Gasteiger partial charge in [0, 0.05) is 18.4 Å². The van der Waals surface area contributed by atoms with Gasteiger partial charge in [0.25, 0.3) is 0 Å². The number of aryl methyl sites for hydroxylation is 1. The molecule has 19 heavy (non-hydrogen) atoms. The molecule has 2 aromatic rings. The Labute approximate surface area is 118 Å². The maximum absolute atomic E-state index is 6.43. The second kappa shape index (κ2) is 5.32. The Bertz CT molecular complexity index is 582. The fourth-order valence-electron chi connectivity index (χ4n) is 2.94. The van der Waals surface area contributed by atoms with Crippen LogP contribution in [0.5, 0.6) is 0 Å². The first-order valence-corrected chi connectivity index (χ1v) is 7.05. The van der Waals surface area contributed by atoms with Crippen LogP contribution in [0.4, 0.5) is 0 Å². The number of hydrogen-bond donors (Lipinski definition) is 1. The maximum atomic E-state index is 6.43. The molecule has 2 unspecified atom stereocenters. The highest BCUT2D eigenvalue weighted by molar-refractivity contribution is 6.31. The monoisotopic (exact) mass is 272 g/mol. The summed E-state index contributed by atoms with van der Waals surface area (Å²) in [7, 11) is 0. The highest BCUT2D eigenvalue weighted by atomic mass is 35.5. The van der Waals surface area contributed by atoms with Crippen LogP contribution in [0.1, 0.15) is 29.2 Å². The molecular weight excluding hydrogens is 256 g/mol. The van der Waals surface area contributed by atoms with Gasteiger partial charge < -0.3 is 5.73 Å². The van der Waals surface area contributed by atoms with Crippen molar-refractivity contribution in [3.8, 4) is 0 Å². The van der Waals surface area contributed by atoms with Crippen LogP contribution in [0, 0.1) is 5.92 Å². The number of hydrogen-bond acceptors (Lipinski definition) is 2. The van der Waals surface area contributed by atoms with Crippen molar-refractivity contribution in [2.45, 2.75) is 25.3 Å². The van der Waals surface area contributed by atoms with Crippen molar-refractivity contribution in [3.05, 3.63) is 64.4 Å². The molecule has 0 bridgehead atoms. The van der Waals surface area contributed by atoms with E-state index in [9.17, 15) is 0 Å². The van der Waals surface area contributed by atoms with Crippen LogP contribution < -0.4 is 5.73 Å². The Hall–Kier alpha value is -1.38. The van der Waals surface area contributed by atoms with Crippen LogP contribution in [0.3, 0.4) is 0 Å². The molecule has 3 rings (SSSR count). The number of nitrogens with zero attached hydrogens (tertiary/aromatic N) is 1.